The normalized spacial score (nSPS) is 17.4. The predicted octanol–water partition coefficient (Wildman–Crippen LogP) is 5.76. The second kappa shape index (κ2) is 13.1. The van der Waals surface area contributed by atoms with E-state index in [0.29, 0.717) is 24.7 Å². The lowest BCUT2D eigenvalue weighted by molar-refractivity contribution is -0.133. The second-order valence-corrected chi connectivity index (χ2v) is 13.5. The van der Waals surface area contributed by atoms with Gasteiger partial charge in [-0.1, -0.05) is 47.5 Å². The van der Waals surface area contributed by atoms with E-state index in [-0.39, 0.29) is 33.0 Å². The highest BCUT2D eigenvalue weighted by Gasteiger charge is 2.43. The predicted molar refractivity (Wildman–Crippen MR) is 170 cm³/mol. The number of aromatic nitrogens is 1. The number of fused-ring (bicyclic) bond motifs is 1. The van der Waals surface area contributed by atoms with Crippen LogP contribution in [0, 0.1) is 12.8 Å². The van der Waals surface area contributed by atoms with Gasteiger partial charge in [0.1, 0.15) is 16.8 Å². The third-order valence-electron chi connectivity index (χ3n) is 8.16. The van der Waals surface area contributed by atoms with Crippen molar-refractivity contribution in [3.63, 3.8) is 0 Å². The molecule has 0 saturated carbocycles. The minimum Gasteiger partial charge on any atom is -0.357 e. The first kappa shape index (κ1) is 31.1. The number of para-hydroxylation sites is 2. The molecule has 0 bridgehead atoms. The first-order valence-corrected chi connectivity index (χ1v) is 16.6. The van der Waals surface area contributed by atoms with E-state index in [9.17, 15) is 18.0 Å². The molecule has 2 amide bonds. The van der Waals surface area contributed by atoms with Crippen LogP contribution in [0.5, 0.6) is 0 Å². The van der Waals surface area contributed by atoms with E-state index < -0.39 is 22.0 Å². The molecule has 0 radical (unpaired) electrons. The van der Waals surface area contributed by atoms with E-state index >= 15 is 0 Å². The quantitative estimate of drug-likeness (QED) is 0.318. The van der Waals surface area contributed by atoms with Gasteiger partial charge in [0.25, 0.3) is 10.0 Å². The van der Waals surface area contributed by atoms with Crippen molar-refractivity contribution in [3.8, 4) is 0 Å². The van der Waals surface area contributed by atoms with Gasteiger partial charge in [0.15, 0.2) is 0 Å². The summed E-state index contributed by atoms with van der Waals surface area (Å²) in [4.78, 5) is 35.4. The maximum atomic E-state index is 14.0. The molecule has 2 aliphatic heterocycles. The molecule has 1 fully saturated rings. The molecule has 9 nitrogen and oxygen atoms in total. The number of halogens is 2. The summed E-state index contributed by atoms with van der Waals surface area (Å²) in [7, 11) is -4.37. The van der Waals surface area contributed by atoms with Crippen molar-refractivity contribution in [2.75, 3.05) is 40.7 Å². The topological polar surface area (TPSA) is 103 Å². The molecular formula is C31H35Cl2N5O4S. The van der Waals surface area contributed by atoms with Crippen molar-refractivity contribution < 1.29 is 18.0 Å². The highest BCUT2D eigenvalue weighted by Crippen LogP contribution is 2.40. The van der Waals surface area contributed by atoms with Crippen molar-refractivity contribution in [2.45, 2.75) is 50.5 Å². The van der Waals surface area contributed by atoms with E-state index in [2.05, 4.69) is 15.2 Å². The summed E-state index contributed by atoms with van der Waals surface area (Å²) in [5.74, 6) is 0.576. The molecule has 2 aliphatic rings. The highest BCUT2D eigenvalue weighted by molar-refractivity contribution is 7.93. The van der Waals surface area contributed by atoms with Gasteiger partial charge in [0, 0.05) is 31.9 Å². The maximum absolute atomic E-state index is 14.0. The largest absolute Gasteiger partial charge is 0.357 e. The Morgan fingerprint density at radius 1 is 1.05 bits per heavy atom. The zero-order valence-electron chi connectivity index (χ0n) is 24.2. The highest BCUT2D eigenvalue weighted by atomic mass is 35.5. The van der Waals surface area contributed by atoms with Crippen molar-refractivity contribution in [1.82, 2.24) is 9.88 Å². The first-order chi connectivity index (χ1) is 20.6. The molecule has 3 aromatic rings. The molecular weight excluding hydrogens is 609 g/mol. The lowest BCUT2D eigenvalue weighted by Crippen LogP contribution is -2.53. The maximum Gasteiger partial charge on any atom is 0.266 e. The van der Waals surface area contributed by atoms with Gasteiger partial charge in [0.05, 0.1) is 27.8 Å². The molecule has 12 heteroatoms. The fraction of sp³-hybridized carbons (Fsp3) is 0.387. The Kier molecular flexibility index (Phi) is 9.48. The summed E-state index contributed by atoms with van der Waals surface area (Å²) in [5, 5.41) is 2.70. The summed E-state index contributed by atoms with van der Waals surface area (Å²) in [6.45, 7) is 6.66. The smallest absolute Gasteiger partial charge is 0.266 e. The molecule has 1 aromatic heterocycles. The molecule has 1 atom stereocenters. The molecule has 3 heterocycles. The van der Waals surface area contributed by atoms with E-state index in [1.165, 1.54) is 18.2 Å². The number of rotatable bonds is 9. The number of sulfonamides is 1. The Morgan fingerprint density at radius 3 is 2.49 bits per heavy atom. The zero-order chi connectivity index (χ0) is 30.7. The molecule has 0 unspecified atom stereocenters. The van der Waals surface area contributed by atoms with Crippen molar-refractivity contribution >= 4 is 62.2 Å². The number of aryl methyl sites for hydroxylation is 1. The summed E-state index contributed by atoms with van der Waals surface area (Å²) in [6.07, 6.45) is 2.50. The number of piperidine rings is 1. The molecule has 43 heavy (non-hydrogen) atoms. The summed E-state index contributed by atoms with van der Waals surface area (Å²) >= 11 is 12.5. The number of nitrogens with zero attached hydrogens (tertiary/aromatic N) is 4. The van der Waals surface area contributed by atoms with Gasteiger partial charge >= 0.3 is 0 Å². The second-order valence-electron chi connectivity index (χ2n) is 10.9. The average Bonchev–Trinajstić information content (AvgIpc) is 2.99. The molecule has 1 N–H and O–H groups in total. The SMILES string of the molecule is CCN(CCC1CCN(c2cccc(C)n2)CC1)C(=O)C[C@@H]1C(=O)Nc2ccccc2N1S(=O)(=O)c1cccc(Cl)c1Cl. The lowest BCUT2D eigenvalue weighted by Gasteiger charge is -2.38. The van der Waals surface area contributed by atoms with Crippen LogP contribution in [0.1, 0.15) is 38.3 Å². The van der Waals surface area contributed by atoms with Crippen LogP contribution in [0.25, 0.3) is 0 Å². The number of benzene rings is 2. The van der Waals surface area contributed by atoms with Crippen LogP contribution in [-0.4, -0.2) is 62.3 Å². The molecule has 2 aromatic carbocycles. The van der Waals surface area contributed by atoms with Gasteiger partial charge < -0.3 is 15.1 Å². The minimum atomic E-state index is -4.37. The van der Waals surface area contributed by atoms with E-state index in [1.54, 1.807) is 29.2 Å². The number of hydrogen-bond acceptors (Lipinski definition) is 6. The number of hydrogen-bond donors (Lipinski definition) is 1. The van der Waals surface area contributed by atoms with Crippen molar-refractivity contribution in [1.29, 1.82) is 0 Å². The van der Waals surface area contributed by atoms with Crippen LogP contribution in [0.2, 0.25) is 10.0 Å². The van der Waals surface area contributed by atoms with Gasteiger partial charge in [-0.25, -0.2) is 13.4 Å². The summed E-state index contributed by atoms with van der Waals surface area (Å²) in [6, 6.07) is 15.6. The third-order valence-corrected chi connectivity index (χ3v) is 11.0. The molecule has 5 rings (SSSR count). The monoisotopic (exact) mass is 643 g/mol. The zero-order valence-corrected chi connectivity index (χ0v) is 26.5. The van der Waals surface area contributed by atoms with Crippen molar-refractivity contribution in [3.05, 3.63) is 76.4 Å². The van der Waals surface area contributed by atoms with Crippen LogP contribution in [0.4, 0.5) is 17.2 Å². The first-order valence-electron chi connectivity index (χ1n) is 14.4. The fourth-order valence-corrected chi connectivity index (χ4v) is 8.14. The van der Waals surface area contributed by atoms with E-state index in [1.807, 2.05) is 32.0 Å². The number of pyridine rings is 1. The Morgan fingerprint density at radius 2 is 1.77 bits per heavy atom. The summed E-state index contributed by atoms with van der Waals surface area (Å²) < 4.78 is 29.1. The lowest BCUT2D eigenvalue weighted by atomic mass is 9.93. The van der Waals surface area contributed by atoms with Crippen LogP contribution in [0.15, 0.2) is 65.6 Å². The molecule has 0 spiro atoms. The van der Waals surface area contributed by atoms with Crippen LogP contribution >= 0.6 is 23.2 Å². The number of amides is 2. The third kappa shape index (κ3) is 6.61. The van der Waals surface area contributed by atoms with Crippen LogP contribution in [-0.2, 0) is 19.6 Å². The number of carbonyl (C=O) groups is 2. The molecule has 1 saturated heterocycles. The fourth-order valence-electron chi connectivity index (χ4n) is 5.77. The number of anilines is 3. The number of carbonyl (C=O) groups excluding carboxylic acids is 2. The number of nitrogens with one attached hydrogen (secondary N) is 1. The van der Waals surface area contributed by atoms with Gasteiger partial charge in [0.2, 0.25) is 11.8 Å². The molecule has 0 aliphatic carbocycles. The van der Waals surface area contributed by atoms with Gasteiger partial charge in [-0.15, -0.1) is 0 Å². The van der Waals surface area contributed by atoms with E-state index in [4.69, 9.17) is 23.2 Å². The van der Waals surface area contributed by atoms with Crippen LogP contribution < -0.4 is 14.5 Å². The van der Waals surface area contributed by atoms with Gasteiger partial charge in [-0.05, 0) is 75.4 Å². The van der Waals surface area contributed by atoms with E-state index in [0.717, 1.165) is 48.2 Å². The molecule has 228 valence electrons. The standard InChI is InChI=1S/C31H35Cl2N5O4S/c1-3-36(17-14-22-15-18-37(19-16-22)28-13-6-8-21(2)34-28)29(39)20-26-31(40)35-24-10-4-5-11-25(24)38(26)43(41,42)27-12-7-9-23(32)30(27)33/h4-13,22,26H,3,14-20H2,1-2H3,(H,35,40)/t26-/m1/s1. The van der Waals surface area contributed by atoms with Gasteiger partial charge in [-0.2, -0.15) is 0 Å². The van der Waals surface area contributed by atoms with Crippen LogP contribution in [0.3, 0.4) is 0 Å². The Balaban J connectivity index is 1.30. The summed E-state index contributed by atoms with van der Waals surface area (Å²) in [5.41, 5.74) is 1.58. The average molecular weight is 645 g/mol. The Labute approximate surface area is 262 Å². The van der Waals surface area contributed by atoms with Gasteiger partial charge in [-0.3, -0.25) is 13.9 Å². The Bertz CT molecular complexity index is 1610. The van der Waals surface area contributed by atoms with Crippen molar-refractivity contribution in [2.24, 2.45) is 5.92 Å². The minimum absolute atomic E-state index is 0.0725. The Hall–Kier alpha value is -3.34.